The Hall–Kier alpha value is -2.91. The van der Waals surface area contributed by atoms with Gasteiger partial charge in [0.05, 0.1) is 5.69 Å². The lowest BCUT2D eigenvalue weighted by molar-refractivity contribution is 0.103. The Morgan fingerprint density at radius 1 is 0.958 bits per heavy atom. The predicted molar refractivity (Wildman–Crippen MR) is 96.7 cm³/mol. The summed E-state index contributed by atoms with van der Waals surface area (Å²) in [6.07, 6.45) is 1.53. The molecule has 0 aliphatic carbocycles. The van der Waals surface area contributed by atoms with Crippen LogP contribution in [0.2, 0.25) is 5.02 Å². The minimum absolute atomic E-state index is 0.131. The van der Waals surface area contributed by atoms with Crippen molar-refractivity contribution < 1.29 is 9.90 Å². The molecule has 4 heteroatoms. The monoisotopic (exact) mass is 335 g/mol. The van der Waals surface area contributed by atoms with E-state index in [-0.39, 0.29) is 11.5 Å². The van der Waals surface area contributed by atoms with E-state index in [9.17, 15) is 9.90 Å². The molecule has 0 aliphatic rings. The van der Waals surface area contributed by atoms with Crippen LogP contribution >= 0.6 is 11.6 Å². The second-order valence-corrected chi connectivity index (χ2v) is 5.61. The number of ketones is 1. The summed E-state index contributed by atoms with van der Waals surface area (Å²) in [7, 11) is 0. The van der Waals surface area contributed by atoms with E-state index >= 15 is 0 Å². The fourth-order valence-corrected chi connectivity index (χ4v) is 2.46. The average molecular weight is 336 g/mol. The molecule has 3 nitrogen and oxygen atoms in total. The maximum Gasteiger partial charge on any atom is 0.195 e. The number of aromatic hydroxyl groups is 1. The molecule has 0 radical (unpaired) electrons. The Kier molecular flexibility index (Phi) is 4.73. The van der Waals surface area contributed by atoms with E-state index in [0.29, 0.717) is 27.4 Å². The standard InChI is InChI=1S/C20H14ClNO2/c21-16-10-11-18(22-13-15-8-4-5-9-19(15)23)17(12-16)20(24)14-6-2-1-3-7-14/h1-13,23H. The number of phenols is 1. The zero-order chi connectivity index (χ0) is 16.9. The topological polar surface area (TPSA) is 49.7 Å². The van der Waals surface area contributed by atoms with Crippen LogP contribution in [-0.4, -0.2) is 17.1 Å². The van der Waals surface area contributed by atoms with Gasteiger partial charge in [-0.15, -0.1) is 0 Å². The molecule has 0 unspecified atom stereocenters. The Balaban J connectivity index is 2.00. The van der Waals surface area contributed by atoms with Crippen LogP contribution in [0.25, 0.3) is 0 Å². The fraction of sp³-hybridized carbons (Fsp3) is 0. The molecular weight excluding hydrogens is 322 g/mol. The summed E-state index contributed by atoms with van der Waals surface area (Å²) in [5.74, 6) is -0.0197. The summed E-state index contributed by atoms with van der Waals surface area (Å²) in [6.45, 7) is 0. The van der Waals surface area contributed by atoms with Gasteiger partial charge < -0.3 is 5.11 Å². The minimum atomic E-state index is -0.150. The Labute approximate surface area is 144 Å². The number of carbonyl (C=O) groups excluding carboxylic acids is 1. The van der Waals surface area contributed by atoms with Crippen molar-refractivity contribution in [1.82, 2.24) is 0 Å². The lowest BCUT2D eigenvalue weighted by Crippen LogP contribution is -2.01. The molecular formula is C20H14ClNO2. The van der Waals surface area contributed by atoms with E-state index in [1.165, 1.54) is 6.21 Å². The van der Waals surface area contributed by atoms with E-state index < -0.39 is 0 Å². The van der Waals surface area contributed by atoms with Crippen molar-refractivity contribution in [1.29, 1.82) is 0 Å². The predicted octanol–water partition coefficient (Wildman–Crippen LogP) is 5.03. The van der Waals surface area contributed by atoms with E-state index in [4.69, 9.17) is 11.6 Å². The van der Waals surface area contributed by atoms with Crippen LogP contribution in [0.5, 0.6) is 5.75 Å². The SMILES string of the molecule is O=C(c1ccccc1)c1cc(Cl)ccc1N=Cc1ccccc1O. The first-order valence-electron chi connectivity index (χ1n) is 7.36. The van der Waals surface area contributed by atoms with Gasteiger partial charge in [-0.2, -0.15) is 0 Å². The summed E-state index contributed by atoms with van der Waals surface area (Å²) < 4.78 is 0. The van der Waals surface area contributed by atoms with Gasteiger partial charge in [-0.1, -0.05) is 54.1 Å². The average Bonchev–Trinajstić information content (AvgIpc) is 2.62. The summed E-state index contributed by atoms with van der Waals surface area (Å²) in [5, 5.41) is 10.3. The normalized spacial score (nSPS) is 10.9. The van der Waals surface area contributed by atoms with Crippen LogP contribution in [0.15, 0.2) is 77.8 Å². The number of benzene rings is 3. The molecule has 0 heterocycles. The highest BCUT2D eigenvalue weighted by molar-refractivity contribution is 6.31. The highest BCUT2D eigenvalue weighted by Gasteiger charge is 2.13. The molecule has 0 bridgehead atoms. The Morgan fingerprint density at radius 2 is 1.67 bits per heavy atom. The molecule has 118 valence electrons. The molecule has 0 saturated heterocycles. The minimum Gasteiger partial charge on any atom is -0.507 e. The lowest BCUT2D eigenvalue weighted by atomic mass is 10.0. The van der Waals surface area contributed by atoms with Crippen molar-refractivity contribution in [2.24, 2.45) is 4.99 Å². The summed E-state index contributed by atoms with van der Waals surface area (Å²) in [5.41, 5.74) is 2.06. The lowest BCUT2D eigenvalue weighted by Gasteiger charge is -2.06. The van der Waals surface area contributed by atoms with Crippen LogP contribution in [0.4, 0.5) is 5.69 Å². The molecule has 3 rings (SSSR count). The third-order valence-corrected chi connectivity index (χ3v) is 3.75. The quantitative estimate of drug-likeness (QED) is 0.537. The van der Waals surface area contributed by atoms with Gasteiger partial charge in [0.15, 0.2) is 5.78 Å². The number of para-hydroxylation sites is 1. The van der Waals surface area contributed by atoms with Crippen LogP contribution < -0.4 is 0 Å². The molecule has 0 aromatic heterocycles. The first-order valence-corrected chi connectivity index (χ1v) is 7.74. The van der Waals surface area contributed by atoms with Crippen molar-refractivity contribution in [2.75, 3.05) is 0 Å². The van der Waals surface area contributed by atoms with Gasteiger partial charge in [-0.3, -0.25) is 9.79 Å². The number of hydrogen-bond acceptors (Lipinski definition) is 3. The number of phenolic OH excluding ortho intramolecular Hbond substituents is 1. The first kappa shape index (κ1) is 16.0. The summed E-state index contributed by atoms with van der Waals surface area (Å²) in [6, 6.07) is 20.8. The highest BCUT2D eigenvalue weighted by atomic mass is 35.5. The van der Waals surface area contributed by atoms with Crippen molar-refractivity contribution in [3.05, 3.63) is 94.5 Å². The van der Waals surface area contributed by atoms with Gasteiger partial charge in [0.25, 0.3) is 0 Å². The molecule has 0 aliphatic heterocycles. The Morgan fingerprint density at radius 3 is 2.42 bits per heavy atom. The van der Waals surface area contributed by atoms with Gasteiger partial charge >= 0.3 is 0 Å². The number of hydrogen-bond donors (Lipinski definition) is 1. The molecule has 0 fully saturated rings. The van der Waals surface area contributed by atoms with E-state index in [0.717, 1.165) is 0 Å². The smallest absolute Gasteiger partial charge is 0.195 e. The van der Waals surface area contributed by atoms with Crippen LogP contribution in [-0.2, 0) is 0 Å². The van der Waals surface area contributed by atoms with Gasteiger partial charge in [0.2, 0.25) is 0 Å². The third-order valence-electron chi connectivity index (χ3n) is 3.52. The van der Waals surface area contributed by atoms with Crippen LogP contribution in [0.1, 0.15) is 21.5 Å². The fourth-order valence-electron chi connectivity index (χ4n) is 2.28. The molecule has 0 spiro atoms. The maximum absolute atomic E-state index is 12.7. The number of nitrogens with zero attached hydrogens (tertiary/aromatic N) is 1. The molecule has 3 aromatic carbocycles. The van der Waals surface area contributed by atoms with Gasteiger partial charge in [-0.25, -0.2) is 0 Å². The van der Waals surface area contributed by atoms with Crippen LogP contribution in [0.3, 0.4) is 0 Å². The zero-order valence-corrected chi connectivity index (χ0v) is 13.4. The summed E-state index contributed by atoms with van der Waals surface area (Å²) >= 11 is 6.05. The van der Waals surface area contributed by atoms with Crippen molar-refractivity contribution in [2.45, 2.75) is 0 Å². The van der Waals surface area contributed by atoms with Gasteiger partial charge in [0, 0.05) is 27.9 Å². The number of rotatable bonds is 4. The molecule has 0 amide bonds. The van der Waals surface area contributed by atoms with Crippen molar-refractivity contribution in [3.63, 3.8) is 0 Å². The van der Waals surface area contributed by atoms with Gasteiger partial charge in [0.1, 0.15) is 5.75 Å². The second kappa shape index (κ2) is 7.11. The van der Waals surface area contributed by atoms with E-state index in [1.807, 2.05) is 18.2 Å². The second-order valence-electron chi connectivity index (χ2n) is 5.17. The number of carbonyl (C=O) groups is 1. The number of aliphatic imine (C=N–C) groups is 1. The maximum atomic E-state index is 12.7. The van der Waals surface area contributed by atoms with E-state index in [1.54, 1.807) is 54.6 Å². The Bertz CT molecular complexity index is 905. The van der Waals surface area contributed by atoms with Crippen LogP contribution in [0, 0.1) is 0 Å². The highest BCUT2D eigenvalue weighted by Crippen LogP contribution is 2.26. The summed E-state index contributed by atoms with van der Waals surface area (Å²) in [4.78, 5) is 17.1. The molecule has 0 saturated carbocycles. The van der Waals surface area contributed by atoms with Gasteiger partial charge in [-0.05, 0) is 30.3 Å². The first-order chi connectivity index (χ1) is 11.6. The molecule has 1 N–H and O–H groups in total. The number of halogens is 1. The zero-order valence-electron chi connectivity index (χ0n) is 12.7. The largest absolute Gasteiger partial charge is 0.507 e. The van der Waals surface area contributed by atoms with Crippen molar-refractivity contribution in [3.8, 4) is 5.75 Å². The molecule has 24 heavy (non-hydrogen) atoms. The van der Waals surface area contributed by atoms with E-state index in [2.05, 4.69) is 4.99 Å². The third kappa shape index (κ3) is 3.53. The van der Waals surface area contributed by atoms with Crippen molar-refractivity contribution >= 4 is 29.3 Å². The molecule has 0 atom stereocenters. The molecule has 3 aromatic rings.